The number of nitrogens with zero attached hydrogens (tertiary/aromatic N) is 3. The molecule has 0 saturated heterocycles. The summed E-state index contributed by atoms with van der Waals surface area (Å²) in [6.07, 6.45) is 4.30. The molecule has 7 heteroatoms. The Balaban J connectivity index is 1.23. The first-order valence-electron chi connectivity index (χ1n) is 13.7. The van der Waals surface area contributed by atoms with Crippen molar-refractivity contribution < 1.29 is 9.53 Å². The molecule has 7 nitrogen and oxygen atoms in total. The minimum Gasteiger partial charge on any atom is -0.491 e. The van der Waals surface area contributed by atoms with E-state index in [4.69, 9.17) is 4.74 Å². The van der Waals surface area contributed by atoms with Crippen molar-refractivity contribution >= 4 is 39.5 Å². The Hall–Kier alpha value is -4.39. The van der Waals surface area contributed by atoms with Gasteiger partial charge in [0.2, 0.25) is 11.9 Å². The first-order chi connectivity index (χ1) is 19.0. The van der Waals surface area contributed by atoms with Crippen molar-refractivity contribution in [2.75, 3.05) is 23.4 Å². The molecule has 3 aromatic carbocycles. The van der Waals surface area contributed by atoms with E-state index >= 15 is 0 Å². The Bertz CT molecular complexity index is 1640. The highest BCUT2D eigenvalue weighted by Gasteiger charge is 2.19. The van der Waals surface area contributed by atoms with Crippen molar-refractivity contribution in [3.63, 3.8) is 0 Å². The molecule has 198 valence electrons. The number of rotatable bonds is 7. The Morgan fingerprint density at radius 3 is 2.79 bits per heavy atom. The highest BCUT2D eigenvalue weighted by Crippen LogP contribution is 2.34. The summed E-state index contributed by atoms with van der Waals surface area (Å²) in [6.45, 7) is 6.50. The van der Waals surface area contributed by atoms with E-state index < -0.39 is 0 Å². The van der Waals surface area contributed by atoms with Crippen LogP contribution in [-0.4, -0.2) is 34.0 Å². The van der Waals surface area contributed by atoms with E-state index in [0.717, 1.165) is 70.3 Å². The maximum Gasteiger partial charge on any atom is 0.226 e. The molecule has 39 heavy (non-hydrogen) atoms. The molecule has 0 saturated carbocycles. The number of anilines is 2. The van der Waals surface area contributed by atoms with Gasteiger partial charge in [-0.15, -0.1) is 0 Å². The van der Waals surface area contributed by atoms with Crippen LogP contribution in [-0.2, 0) is 11.3 Å². The SMILES string of the molecule is CC(C)CCCC(=O)Nc1nc2ccc(-c3ccc4c(c3)CN(c3ccnc5ccccc35)CCO4)cc2[nH]1. The molecular weight excluding hydrogens is 486 g/mol. The van der Waals surface area contributed by atoms with Gasteiger partial charge in [-0.05, 0) is 59.9 Å². The van der Waals surface area contributed by atoms with Crippen molar-refractivity contribution in [3.8, 4) is 16.9 Å². The molecule has 1 aliphatic rings. The van der Waals surface area contributed by atoms with Crippen molar-refractivity contribution in [2.24, 2.45) is 5.92 Å². The fourth-order valence-electron chi connectivity index (χ4n) is 5.25. The number of hydrogen-bond acceptors (Lipinski definition) is 5. The van der Waals surface area contributed by atoms with Crippen LogP contribution in [0.5, 0.6) is 5.75 Å². The van der Waals surface area contributed by atoms with E-state index in [2.05, 4.69) is 93.6 Å². The van der Waals surface area contributed by atoms with Crippen LogP contribution >= 0.6 is 0 Å². The van der Waals surface area contributed by atoms with Crippen LogP contribution in [0.3, 0.4) is 0 Å². The summed E-state index contributed by atoms with van der Waals surface area (Å²) in [6, 6.07) is 22.9. The van der Waals surface area contributed by atoms with Gasteiger partial charge in [-0.3, -0.25) is 15.1 Å². The van der Waals surface area contributed by atoms with Crippen LogP contribution in [0.15, 0.2) is 72.9 Å². The average Bonchev–Trinajstić information content (AvgIpc) is 3.21. The maximum absolute atomic E-state index is 12.3. The number of amides is 1. The van der Waals surface area contributed by atoms with Crippen molar-refractivity contribution in [3.05, 3.63) is 78.5 Å². The lowest BCUT2D eigenvalue weighted by molar-refractivity contribution is -0.116. The molecular formula is C32H33N5O2. The summed E-state index contributed by atoms with van der Waals surface area (Å²) >= 11 is 0. The summed E-state index contributed by atoms with van der Waals surface area (Å²) in [4.78, 5) is 27.1. The number of aromatic amines is 1. The normalized spacial score (nSPS) is 13.4. The van der Waals surface area contributed by atoms with Gasteiger partial charge in [0.05, 0.1) is 23.1 Å². The number of carbonyl (C=O) groups is 1. The molecule has 2 aromatic heterocycles. The third kappa shape index (κ3) is 5.43. The second kappa shape index (κ2) is 10.8. The zero-order valence-corrected chi connectivity index (χ0v) is 22.4. The lowest BCUT2D eigenvalue weighted by atomic mass is 10.0. The highest BCUT2D eigenvalue weighted by molar-refractivity contribution is 5.92. The number of para-hydroxylation sites is 1. The molecule has 5 aromatic rings. The highest BCUT2D eigenvalue weighted by atomic mass is 16.5. The number of fused-ring (bicyclic) bond motifs is 3. The molecule has 0 unspecified atom stereocenters. The van der Waals surface area contributed by atoms with Crippen LogP contribution < -0.4 is 15.0 Å². The van der Waals surface area contributed by atoms with Crippen LogP contribution in [0.4, 0.5) is 11.6 Å². The smallest absolute Gasteiger partial charge is 0.226 e. The number of ether oxygens (including phenoxy) is 1. The van der Waals surface area contributed by atoms with E-state index in [1.165, 1.54) is 5.69 Å². The minimum absolute atomic E-state index is 0.00721. The minimum atomic E-state index is -0.00721. The Labute approximate surface area is 228 Å². The second-order valence-electron chi connectivity index (χ2n) is 10.6. The lowest BCUT2D eigenvalue weighted by Gasteiger charge is -2.23. The van der Waals surface area contributed by atoms with Crippen molar-refractivity contribution in [1.29, 1.82) is 0 Å². The zero-order valence-electron chi connectivity index (χ0n) is 22.4. The number of pyridine rings is 1. The van der Waals surface area contributed by atoms with Crippen LogP contribution in [0, 0.1) is 5.92 Å². The molecule has 6 rings (SSSR count). The van der Waals surface area contributed by atoms with E-state index in [0.29, 0.717) is 24.9 Å². The predicted molar refractivity (Wildman–Crippen MR) is 157 cm³/mol. The van der Waals surface area contributed by atoms with E-state index in [9.17, 15) is 4.79 Å². The van der Waals surface area contributed by atoms with Crippen LogP contribution in [0.25, 0.3) is 33.1 Å². The molecule has 0 radical (unpaired) electrons. The fourth-order valence-corrected chi connectivity index (χ4v) is 5.25. The molecule has 0 aliphatic carbocycles. The van der Waals surface area contributed by atoms with Gasteiger partial charge in [-0.1, -0.05) is 50.6 Å². The lowest BCUT2D eigenvalue weighted by Crippen LogP contribution is -2.25. The quantitative estimate of drug-likeness (QED) is 0.243. The largest absolute Gasteiger partial charge is 0.491 e. The Kier molecular flexibility index (Phi) is 6.88. The number of H-pyrrole nitrogens is 1. The third-order valence-electron chi connectivity index (χ3n) is 7.27. The maximum atomic E-state index is 12.3. The number of aromatic nitrogens is 3. The van der Waals surface area contributed by atoms with Crippen LogP contribution in [0.1, 0.15) is 38.7 Å². The molecule has 3 heterocycles. The van der Waals surface area contributed by atoms with Crippen molar-refractivity contribution in [2.45, 2.75) is 39.7 Å². The average molecular weight is 520 g/mol. The van der Waals surface area contributed by atoms with E-state index in [-0.39, 0.29) is 5.91 Å². The number of benzene rings is 3. The van der Waals surface area contributed by atoms with Gasteiger partial charge >= 0.3 is 0 Å². The molecule has 2 N–H and O–H groups in total. The molecule has 0 fully saturated rings. The summed E-state index contributed by atoms with van der Waals surface area (Å²) in [7, 11) is 0. The first-order valence-corrected chi connectivity index (χ1v) is 13.7. The van der Waals surface area contributed by atoms with Gasteiger partial charge in [-0.2, -0.15) is 0 Å². The summed E-state index contributed by atoms with van der Waals surface area (Å²) < 4.78 is 6.14. The second-order valence-corrected chi connectivity index (χ2v) is 10.6. The van der Waals surface area contributed by atoms with Gasteiger partial charge in [0.15, 0.2) is 0 Å². The van der Waals surface area contributed by atoms with Gasteiger partial charge in [0.1, 0.15) is 12.4 Å². The van der Waals surface area contributed by atoms with Crippen molar-refractivity contribution in [1.82, 2.24) is 15.0 Å². The van der Waals surface area contributed by atoms with E-state index in [1.54, 1.807) is 0 Å². The van der Waals surface area contributed by atoms with Gasteiger partial charge in [0.25, 0.3) is 0 Å². The van der Waals surface area contributed by atoms with Gasteiger partial charge in [-0.25, -0.2) is 4.98 Å². The molecule has 1 amide bonds. The topological polar surface area (TPSA) is 83.1 Å². The molecule has 0 atom stereocenters. The predicted octanol–water partition coefficient (Wildman–Crippen LogP) is 6.94. The summed E-state index contributed by atoms with van der Waals surface area (Å²) in [5, 5.41) is 4.06. The number of carbonyl (C=O) groups excluding carboxylic acids is 1. The molecule has 0 spiro atoms. The molecule has 0 bridgehead atoms. The zero-order chi connectivity index (χ0) is 26.8. The van der Waals surface area contributed by atoms with Crippen LogP contribution in [0.2, 0.25) is 0 Å². The van der Waals surface area contributed by atoms with Gasteiger partial charge in [0, 0.05) is 35.8 Å². The monoisotopic (exact) mass is 519 g/mol. The third-order valence-corrected chi connectivity index (χ3v) is 7.27. The van der Waals surface area contributed by atoms with Gasteiger partial charge < -0.3 is 14.6 Å². The number of nitrogens with one attached hydrogen (secondary N) is 2. The summed E-state index contributed by atoms with van der Waals surface area (Å²) in [5.74, 6) is 2.00. The number of imidazole rings is 1. The number of hydrogen-bond donors (Lipinski definition) is 2. The fraction of sp³-hybridized carbons (Fsp3) is 0.281. The molecule has 1 aliphatic heterocycles. The standard InChI is InChI=1S/C32H33N5O2/c1-21(2)6-5-9-31(38)36-32-34-27-12-10-23(19-28(27)35-32)22-11-13-30-24(18-22)20-37(16-17-39-30)29-14-15-33-26-8-4-3-7-25(26)29/h3-4,7-8,10-15,18-19,21H,5-6,9,16-17,20H2,1-2H3,(H2,34,35,36,38). The summed E-state index contributed by atoms with van der Waals surface area (Å²) in [5.41, 5.74) is 7.20. The Morgan fingerprint density at radius 2 is 1.90 bits per heavy atom. The Morgan fingerprint density at radius 1 is 1.05 bits per heavy atom. The van der Waals surface area contributed by atoms with E-state index in [1.807, 2.05) is 18.3 Å². The first kappa shape index (κ1) is 24.9.